The zero-order chi connectivity index (χ0) is 17.6. The second-order valence-corrected chi connectivity index (χ2v) is 5.79. The number of fused-ring (bicyclic) bond motifs is 1. The Kier molecular flexibility index (Phi) is 5.18. The molecule has 0 spiro atoms. The maximum absolute atomic E-state index is 12.2. The minimum atomic E-state index is -0.728. The average Bonchev–Trinajstić information content (AvgIpc) is 3.29. The first kappa shape index (κ1) is 16.8. The molecule has 0 saturated carbocycles. The largest absolute Gasteiger partial charge is 0.469 e. The van der Waals surface area contributed by atoms with Crippen LogP contribution in [0.5, 0.6) is 0 Å². The van der Waals surface area contributed by atoms with Crippen LogP contribution >= 0.6 is 0 Å². The van der Waals surface area contributed by atoms with Gasteiger partial charge in [0.25, 0.3) is 0 Å². The van der Waals surface area contributed by atoms with E-state index in [0.29, 0.717) is 12.8 Å². The molecule has 0 fully saturated rings. The number of para-hydroxylation sites is 1. The van der Waals surface area contributed by atoms with Crippen molar-refractivity contribution in [2.24, 2.45) is 0 Å². The Hall–Kier alpha value is -3.02. The molecular formula is C19H20N2O4. The quantitative estimate of drug-likeness (QED) is 0.648. The maximum atomic E-state index is 12.2. The molecular weight excluding hydrogens is 320 g/mol. The second-order valence-electron chi connectivity index (χ2n) is 5.79. The van der Waals surface area contributed by atoms with Gasteiger partial charge in [-0.15, -0.1) is 0 Å². The molecule has 1 unspecified atom stereocenters. The number of hydrogen-bond acceptors (Lipinski definition) is 4. The van der Waals surface area contributed by atoms with Crippen LogP contribution in [0.15, 0.2) is 53.3 Å². The molecule has 1 amide bonds. The molecule has 6 nitrogen and oxygen atoms in total. The summed E-state index contributed by atoms with van der Waals surface area (Å²) in [6.45, 7) is 0. The van der Waals surface area contributed by atoms with Gasteiger partial charge in [0.2, 0.25) is 5.91 Å². The summed E-state index contributed by atoms with van der Waals surface area (Å²) in [7, 11) is 1.32. The predicted molar refractivity (Wildman–Crippen MR) is 93.0 cm³/mol. The number of methoxy groups -OCH3 is 1. The fourth-order valence-electron chi connectivity index (χ4n) is 2.81. The topological polar surface area (TPSA) is 84.3 Å². The van der Waals surface area contributed by atoms with E-state index in [1.807, 2.05) is 36.5 Å². The minimum absolute atomic E-state index is 0.216. The fourth-order valence-corrected chi connectivity index (χ4v) is 2.81. The molecule has 0 aliphatic heterocycles. The summed E-state index contributed by atoms with van der Waals surface area (Å²) in [5.74, 6) is 0.0599. The number of carbonyl (C=O) groups is 2. The number of furan rings is 1. The molecule has 2 aromatic heterocycles. The molecule has 0 bridgehead atoms. The van der Waals surface area contributed by atoms with Crippen LogP contribution in [-0.4, -0.2) is 30.0 Å². The molecule has 130 valence electrons. The summed E-state index contributed by atoms with van der Waals surface area (Å²) < 4.78 is 10.1. The van der Waals surface area contributed by atoms with Gasteiger partial charge in [-0.2, -0.15) is 0 Å². The van der Waals surface area contributed by atoms with Gasteiger partial charge >= 0.3 is 5.97 Å². The zero-order valence-electron chi connectivity index (χ0n) is 14.0. The number of ether oxygens (including phenoxy) is 1. The maximum Gasteiger partial charge on any atom is 0.328 e. The monoisotopic (exact) mass is 340 g/mol. The van der Waals surface area contributed by atoms with Crippen LogP contribution in [0.1, 0.15) is 17.7 Å². The molecule has 1 aromatic carbocycles. The lowest BCUT2D eigenvalue weighted by Gasteiger charge is -2.16. The Bertz CT molecular complexity index is 851. The number of carbonyl (C=O) groups excluding carboxylic acids is 2. The number of nitrogens with one attached hydrogen (secondary N) is 2. The number of amides is 1. The Balaban J connectivity index is 1.67. The van der Waals surface area contributed by atoms with Crippen LogP contribution in [0, 0.1) is 0 Å². The van der Waals surface area contributed by atoms with Crippen molar-refractivity contribution in [2.75, 3.05) is 7.11 Å². The van der Waals surface area contributed by atoms with Crippen molar-refractivity contribution in [3.63, 3.8) is 0 Å². The molecule has 6 heteroatoms. The Labute approximate surface area is 145 Å². The first-order chi connectivity index (χ1) is 12.2. The molecule has 0 aliphatic rings. The average molecular weight is 340 g/mol. The normalized spacial score (nSPS) is 12.0. The number of aromatic amines is 1. The SMILES string of the molecule is COC(=O)C(Cc1c[nH]c2ccccc12)NC(=O)CCc1ccco1. The summed E-state index contributed by atoms with van der Waals surface area (Å²) in [6, 6.07) is 10.7. The Morgan fingerprint density at radius 1 is 1.24 bits per heavy atom. The first-order valence-electron chi connectivity index (χ1n) is 8.12. The third-order valence-electron chi connectivity index (χ3n) is 4.10. The van der Waals surface area contributed by atoms with E-state index in [-0.39, 0.29) is 12.3 Å². The molecule has 2 N–H and O–H groups in total. The van der Waals surface area contributed by atoms with E-state index in [0.717, 1.165) is 22.2 Å². The molecule has 0 saturated heterocycles. The van der Waals surface area contributed by atoms with E-state index >= 15 is 0 Å². The van der Waals surface area contributed by atoms with Gasteiger partial charge in [-0.25, -0.2) is 4.79 Å². The molecule has 0 radical (unpaired) electrons. The van der Waals surface area contributed by atoms with Gasteiger partial charge in [-0.3, -0.25) is 4.79 Å². The summed E-state index contributed by atoms with van der Waals surface area (Å²) >= 11 is 0. The third-order valence-corrected chi connectivity index (χ3v) is 4.10. The Morgan fingerprint density at radius 2 is 2.08 bits per heavy atom. The highest BCUT2D eigenvalue weighted by atomic mass is 16.5. The first-order valence-corrected chi connectivity index (χ1v) is 8.12. The van der Waals surface area contributed by atoms with Gasteiger partial charge in [0.15, 0.2) is 0 Å². The number of benzene rings is 1. The zero-order valence-corrected chi connectivity index (χ0v) is 14.0. The van der Waals surface area contributed by atoms with E-state index in [4.69, 9.17) is 9.15 Å². The smallest absolute Gasteiger partial charge is 0.328 e. The van der Waals surface area contributed by atoms with E-state index in [1.165, 1.54) is 7.11 Å². The van der Waals surface area contributed by atoms with Gasteiger partial charge in [0.1, 0.15) is 11.8 Å². The number of aryl methyl sites for hydroxylation is 1. The lowest BCUT2D eigenvalue weighted by molar-refractivity contribution is -0.145. The number of rotatable bonds is 7. The van der Waals surface area contributed by atoms with E-state index < -0.39 is 12.0 Å². The predicted octanol–water partition coefficient (Wildman–Crippen LogP) is 2.59. The molecule has 3 aromatic rings. The molecule has 3 rings (SSSR count). The van der Waals surface area contributed by atoms with Crippen LogP contribution in [0.4, 0.5) is 0 Å². The van der Waals surface area contributed by atoms with Gasteiger partial charge in [-0.05, 0) is 23.8 Å². The van der Waals surface area contributed by atoms with E-state index in [2.05, 4.69) is 10.3 Å². The third kappa shape index (κ3) is 4.09. The van der Waals surface area contributed by atoms with Crippen molar-refractivity contribution >= 4 is 22.8 Å². The van der Waals surface area contributed by atoms with Crippen LogP contribution < -0.4 is 5.32 Å². The number of esters is 1. The summed E-state index contributed by atoms with van der Waals surface area (Å²) in [5.41, 5.74) is 1.95. The highest BCUT2D eigenvalue weighted by molar-refractivity contribution is 5.87. The number of aromatic nitrogens is 1. The van der Waals surface area contributed by atoms with E-state index in [9.17, 15) is 9.59 Å². The fraction of sp³-hybridized carbons (Fsp3) is 0.263. The van der Waals surface area contributed by atoms with Crippen LogP contribution in [0.3, 0.4) is 0 Å². The van der Waals surface area contributed by atoms with Crippen LogP contribution in [0.2, 0.25) is 0 Å². The molecule has 1 atom stereocenters. The van der Waals surface area contributed by atoms with Crippen molar-refractivity contribution in [3.8, 4) is 0 Å². The summed E-state index contributed by atoms with van der Waals surface area (Å²) in [4.78, 5) is 27.4. The van der Waals surface area contributed by atoms with Gasteiger partial charge in [0.05, 0.1) is 13.4 Å². The van der Waals surface area contributed by atoms with Gasteiger partial charge in [-0.1, -0.05) is 18.2 Å². The van der Waals surface area contributed by atoms with Crippen molar-refractivity contribution in [3.05, 3.63) is 60.2 Å². The van der Waals surface area contributed by atoms with Crippen LogP contribution in [0.25, 0.3) is 10.9 Å². The number of H-pyrrole nitrogens is 1. The minimum Gasteiger partial charge on any atom is -0.469 e. The van der Waals surface area contributed by atoms with Crippen molar-refractivity contribution in [1.29, 1.82) is 0 Å². The lowest BCUT2D eigenvalue weighted by Crippen LogP contribution is -2.43. The van der Waals surface area contributed by atoms with Crippen molar-refractivity contribution < 1.29 is 18.7 Å². The summed E-state index contributed by atoms with van der Waals surface area (Å²) in [5, 5.41) is 3.79. The highest BCUT2D eigenvalue weighted by Crippen LogP contribution is 2.19. The molecule has 2 heterocycles. The Morgan fingerprint density at radius 3 is 2.84 bits per heavy atom. The van der Waals surface area contributed by atoms with Crippen molar-refractivity contribution in [1.82, 2.24) is 10.3 Å². The number of hydrogen-bond donors (Lipinski definition) is 2. The van der Waals surface area contributed by atoms with Gasteiger partial charge in [0, 0.05) is 36.4 Å². The summed E-state index contributed by atoms with van der Waals surface area (Å²) in [6.07, 6.45) is 4.52. The lowest BCUT2D eigenvalue weighted by atomic mass is 10.0. The molecule has 25 heavy (non-hydrogen) atoms. The highest BCUT2D eigenvalue weighted by Gasteiger charge is 2.23. The van der Waals surface area contributed by atoms with Crippen LogP contribution in [-0.2, 0) is 27.2 Å². The van der Waals surface area contributed by atoms with Crippen molar-refractivity contribution in [2.45, 2.75) is 25.3 Å². The molecule has 0 aliphatic carbocycles. The van der Waals surface area contributed by atoms with Gasteiger partial charge < -0.3 is 19.5 Å². The standard InChI is InChI=1S/C19H20N2O4/c1-24-19(23)17(21-18(22)9-8-14-5-4-10-25-14)11-13-12-20-16-7-3-2-6-15(13)16/h2-7,10,12,17,20H,8-9,11H2,1H3,(H,21,22). The van der Waals surface area contributed by atoms with E-state index in [1.54, 1.807) is 12.3 Å². The second kappa shape index (κ2) is 7.70.